The number of halogens is 2. The van der Waals surface area contributed by atoms with E-state index >= 15 is 0 Å². The maximum atomic E-state index is 14.0. The Morgan fingerprint density at radius 3 is 2.51 bits per heavy atom. The highest BCUT2D eigenvalue weighted by Gasteiger charge is 2.31. The second kappa shape index (κ2) is 9.50. The van der Waals surface area contributed by atoms with Crippen molar-refractivity contribution in [3.63, 3.8) is 0 Å². The Morgan fingerprint density at radius 1 is 1.06 bits per heavy atom. The van der Waals surface area contributed by atoms with Crippen molar-refractivity contribution in [3.8, 4) is 17.6 Å². The first-order valence-corrected chi connectivity index (χ1v) is 11.2. The van der Waals surface area contributed by atoms with Crippen molar-refractivity contribution in [2.45, 2.75) is 31.9 Å². The molecule has 0 bridgehead atoms. The van der Waals surface area contributed by atoms with Gasteiger partial charge in [-0.05, 0) is 35.9 Å². The number of nitriles is 1. The minimum Gasteiger partial charge on any atom is -0.474 e. The molecule has 0 amide bonds. The van der Waals surface area contributed by atoms with E-state index < -0.39 is 17.3 Å². The fraction of sp³-hybridized carbons (Fsp3) is 0.231. The first-order chi connectivity index (χ1) is 17.0. The minimum atomic E-state index is -0.713. The van der Waals surface area contributed by atoms with Crippen molar-refractivity contribution in [3.05, 3.63) is 106 Å². The summed E-state index contributed by atoms with van der Waals surface area (Å²) >= 11 is 0. The Morgan fingerprint density at radius 2 is 1.80 bits per heavy atom. The van der Waals surface area contributed by atoms with Crippen LogP contribution in [0.25, 0.3) is 5.69 Å². The Hall–Kier alpha value is -4.32. The van der Waals surface area contributed by atoms with Gasteiger partial charge in [0.1, 0.15) is 24.1 Å². The van der Waals surface area contributed by atoms with E-state index in [9.17, 15) is 13.6 Å². The predicted molar refractivity (Wildman–Crippen MR) is 123 cm³/mol. The number of benzene rings is 2. The summed E-state index contributed by atoms with van der Waals surface area (Å²) in [5, 5.41) is 13.1. The largest absolute Gasteiger partial charge is 0.474 e. The second-order valence-corrected chi connectivity index (χ2v) is 8.50. The van der Waals surface area contributed by atoms with Gasteiger partial charge in [-0.15, -0.1) is 0 Å². The Bertz CT molecular complexity index is 1430. The van der Waals surface area contributed by atoms with Crippen LogP contribution in [-0.4, -0.2) is 25.4 Å². The number of hydrogen-bond donors (Lipinski definition) is 0. The monoisotopic (exact) mass is 473 g/mol. The highest BCUT2D eigenvalue weighted by atomic mass is 19.1. The van der Waals surface area contributed by atoms with E-state index in [1.807, 2.05) is 24.3 Å². The molecule has 2 aromatic carbocycles. The van der Waals surface area contributed by atoms with Crippen LogP contribution in [0, 0.1) is 28.9 Å². The van der Waals surface area contributed by atoms with Gasteiger partial charge < -0.3 is 4.74 Å². The SMILES string of the molecule is N#CC1CC(Oc2ncccc2Cc2ccc(-n3ncn(Cc4c(F)cccc4F)c3=O)cc2)C1. The van der Waals surface area contributed by atoms with E-state index in [4.69, 9.17) is 10.00 Å². The maximum absolute atomic E-state index is 14.0. The third kappa shape index (κ3) is 4.68. The molecule has 5 rings (SSSR count). The summed E-state index contributed by atoms with van der Waals surface area (Å²) in [6.07, 6.45) is 4.96. The van der Waals surface area contributed by atoms with E-state index in [-0.39, 0.29) is 24.1 Å². The van der Waals surface area contributed by atoms with Crippen LogP contribution < -0.4 is 10.4 Å². The molecule has 0 saturated heterocycles. The Balaban J connectivity index is 1.30. The van der Waals surface area contributed by atoms with Crippen molar-refractivity contribution < 1.29 is 13.5 Å². The zero-order valence-corrected chi connectivity index (χ0v) is 18.6. The van der Waals surface area contributed by atoms with Crippen molar-refractivity contribution >= 4 is 0 Å². The second-order valence-electron chi connectivity index (χ2n) is 8.50. The normalized spacial score (nSPS) is 16.9. The van der Waals surface area contributed by atoms with E-state index in [1.54, 1.807) is 18.3 Å². The van der Waals surface area contributed by atoms with Gasteiger partial charge in [-0.1, -0.05) is 24.3 Å². The summed E-state index contributed by atoms with van der Waals surface area (Å²) in [6.45, 7) is -0.255. The molecule has 1 aliphatic rings. The lowest BCUT2D eigenvalue weighted by Gasteiger charge is -2.31. The van der Waals surface area contributed by atoms with Gasteiger partial charge in [-0.25, -0.2) is 18.6 Å². The predicted octanol–water partition coefficient (Wildman–Crippen LogP) is 4.03. The summed E-state index contributed by atoms with van der Waals surface area (Å²) in [6, 6.07) is 16.9. The van der Waals surface area contributed by atoms with Crippen LogP contribution in [0.3, 0.4) is 0 Å². The molecule has 0 N–H and O–H groups in total. The number of nitrogens with zero attached hydrogens (tertiary/aromatic N) is 5. The summed E-state index contributed by atoms with van der Waals surface area (Å²) in [4.78, 5) is 17.1. The highest BCUT2D eigenvalue weighted by Crippen LogP contribution is 2.31. The molecule has 4 aromatic rings. The van der Waals surface area contributed by atoms with E-state index in [2.05, 4.69) is 16.2 Å². The van der Waals surface area contributed by atoms with Crippen molar-refractivity contribution in [2.75, 3.05) is 0 Å². The van der Waals surface area contributed by atoms with Gasteiger partial charge in [0.25, 0.3) is 0 Å². The fourth-order valence-corrected chi connectivity index (χ4v) is 4.04. The average Bonchev–Trinajstić information content (AvgIpc) is 3.20. The van der Waals surface area contributed by atoms with Crippen molar-refractivity contribution in [2.24, 2.45) is 5.92 Å². The first kappa shape index (κ1) is 22.5. The van der Waals surface area contributed by atoms with Crippen molar-refractivity contribution in [1.29, 1.82) is 5.26 Å². The molecule has 0 unspecified atom stereocenters. The molecule has 0 spiro atoms. The lowest BCUT2D eigenvalue weighted by molar-refractivity contribution is 0.0836. The zero-order chi connectivity index (χ0) is 24.4. The molecule has 1 aliphatic carbocycles. The lowest BCUT2D eigenvalue weighted by atomic mass is 9.83. The smallest absolute Gasteiger partial charge is 0.350 e. The summed E-state index contributed by atoms with van der Waals surface area (Å²) in [5.41, 5.74) is 1.75. The van der Waals surface area contributed by atoms with Crippen LogP contribution >= 0.6 is 0 Å². The van der Waals surface area contributed by atoms with E-state index in [1.165, 1.54) is 17.1 Å². The molecule has 176 valence electrons. The number of pyridine rings is 1. The summed E-state index contributed by atoms with van der Waals surface area (Å²) < 4.78 is 36.3. The van der Waals surface area contributed by atoms with Crippen molar-refractivity contribution in [1.82, 2.24) is 19.3 Å². The van der Waals surface area contributed by atoms with E-state index in [0.717, 1.165) is 27.8 Å². The minimum absolute atomic E-state index is 0.00972. The molecule has 7 nitrogen and oxygen atoms in total. The third-order valence-corrected chi connectivity index (χ3v) is 6.10. The van der Waals surface area contributed by atoms with Gasteiger partial charge in [0.2, 0.25) is 5.88 Å². The van der Waals surface area contributed by atoms with Gasteiger partial charge in [0.05, 0.1) is 24.2 Å². The van der Waals surface area contributed by atoms with Crippen LogP contribution in [0.2, 0.25) is 0 Å². The summed E-state index contributed by atoms with van der Waals surface area (Å²) in [7, 11) is 0. The van der Waals surface area contributed by atoms with Gasteiger partial charge in [0.15, 0.2) is 0 Å². The van der Waals surface area contributed by atoms with Gasteiger partial charge in [0, 0.05) is 36.6 Å². The van der Waals surface area contributed by atoms with Crippen LogP contribution in [-0.2, 0) is 13.0 Å². The molecule has 2 aromatic heterocycles. The molecular formula is C26H21F2N5O2. The molecule has 2 heterocycles. The number of rotatable bonds is 7. The quantitative estimate of drug-likeness (QED) is 0.405. The molecule has 0 radical (unpaired) electrons. The highest BCUT2D eigenvalue weighted by molar-refractivity contribution is 5.38. The lowest BCUT2D eigenvalue weighted by Crippen LogP contribution is -2.33. The standard InChI is InChI=1S/C26H21F2N5O2/c27-23-4-1-5-24(28)22(23)15-32-16-31-33(26(32)34)20-8-6-17(7-9-20)11-19-3-2-10-30-25(19)35-21-12-18(13-21)14-29/h1-10,16,18,21H,11-13,15H2. The number of ether oxygens (including phenoxy) is 1. The molecule has 1 fully saturated rings. The molecule has 0 atom stereocenters. The fourth-order valence-electron chi connectivity index (χ4n) is 4.04. The number of aromatic nitrogens is 4. The Labute approximate surface area is 199 Å². The van der Waals surface area contributed by atoms with Gasteiger partial charge in [-0.2, -0.15) is 15.0 Å². The topological polar surface area (TPSA) is 85.7 Å². The zero-order valence-electron chi connectivity index (χ0n) is 18.6. The van der Waals surface area contributed by atoms with Crippen LogP contribution in [0.5, 0.6) is 5.88 Å². The third-order valence-electron chi connectivity index (χ3n) is 6.10. The van der Waals surface area contributed by atoms with Crippen LogP contribution in [0.1, 0.15) is 29.5 Å². The molecule has 35 heavy (non-hydrogen) atoms. The average molecular weight is 473 g/mol. The number of hydrogen-bond acceptors (Lipinski definition) is 5. The van der Waals surface area contributed by atoms with Crippen LogP contribution in [0.15, 0.2) is 71.9 Å². The summed E-state index contributed by atoms with van der Waals surface area (Å²) in [5.74, 6) is -0.810. The van der Waals surface area contributed by atoms with Gasteiger partial charge >= 0.3 is 5.69 Å². The van der Waals surface area contributed by atoms with E-state index in [0.29, 0.717) is 30.8 Å². The Kier molecular flexibility index (Phi) is 6.10. The first-order valence-electron chi connectivity index (χ1n) is 11.2. The molecule has 9 heteroatoms. The molecule has 1 saturated carbocycles. The maximum Gasteiger partial charge on any atom is 0.350 e. The van der Waals surface area contributed by atoms with Gasteiger partial charge in [-0.3, -0.25) is 4.57 Å². The molecule has 0 aliphatic heterocycles. The van der Waals surface area contributed by atoms with Crippen LogP contribution in [0.4, 0.5) is 8.78 Å². The molecular weight excluding hydrogens is 452 g/mol.